The van der Waals surface area contributed by atoms with Crippen LogP contribution >= 0.6 is 7.82 Å². The third kappa shape index (κ3) is 47.5. The quantitative estimate of drug-likeness (QED) is 0.0269. The molecule has 0 heterocycles. The zero-order valence-corrected chi connectivity index (χ0v) is 39.1. The molecule has 0 radical (unpaired) electrons. The van der Waals surface area contributed by atoms with Crippen LogP contribution in [-0.2, 0) is 28.2 Å². The minimum atomic E-state index is -4.76. The second-order valence-corrected chi connectivity index (χ2v) is 18.4. The summed E-state index contributed by atoms with van der Waals surface area (Å²) in [6.07, 6.45) is 52.4. The molecule has 0 aromatic heterocycles. The van der Waals surface area contributed by atoms with Crippen LogP contribution in [0.4, 0.5) is 0 Å². The summed E-state index contributed by atoms with van der Waals surface area (Å²) in [6.45, 7) is 3.72. The fraction of sp³-hybridized carbons (Fsp3) is 0.918. The van der Waals surface area contributed by atoms with E-state index in [0.29, 0.717) is 6.42 Å². The van der Waals surface area contributed by atoms with Crippen molar-refractivity contribution in [2.24, 2.45) is 0 Å². The number of esters is 2. The molecule has 9 heteroatoms. The van der Waals surface area contributed by atoms with Crippen molar-refractivity contribution in [3.8, 4) is 0 Å². The maximum atomic E-state index is 12.4. The van der Waals surface area contributed by atoms with E-state index in [4.69, 9.17) is 19.3 Å². The Morgan fingerprint density at radius 3 is 1.05 bits per heavy atom. The first kappa shape index (κ1) is 56.8. The molecule has 0 amide bonds. The van der Waals surface area contributed by atoms with Gasteiger partial charge in [-0.3, -0.25) is 14.1 Å². The van der Waals surface area contributed by atoms with E-state index < -0.39 is 32.5 Å². The normalized spacial score (nSPS) is 12.4. The summed E-state index contributed by atoms with van der Waals surface area (Å²) in [5.41, 5.74) is 0. The molecule has 1 unspecified atom stereocenters. The first-order chi connectivity index (χ1) is 28.3. The molecule has 1 atom stereocenters. The number of phosphoric ester groups is 1. The second-order valence-electron chi connectivity index (χ2n) is 17.2. The minimum Gasteiger partial charge on any atom is -0.462 e. The van der Waals surface area contributed by atoms with E-state index in [-0.39, 0.29) is 19.4 Å². The predicted octanol–water partition coefficient (Wildman–Crippen LogP) is 15.8. The standard InChI is InChI=1S/C49H95O8P/c1-3-5-7-9-11-13-15-17-19-21-22-23-24-25-26-27-28-30-31-33-35-37-39-41-43-48(50)55-45-47(46-56-58(52,53)54)57-49(51)44-42-40-38-36-34-32-29-20-18-16-14-12-10-8-6-4-2/h20,29,47H,3-19,21-28,30-46H2,1-2H3,(H2,52,53,54)/b29-20-. The summed E-state index contributed by atoms with van der Waals surface area (Å²) >= 11 is 0. The van der Waals surface area contributed by atoms with Gasteiger partial charge in [-0.25, -0.2) is 4.57 Å². The number of ether oxygens (including phenoxy) is 2. The Hall–Kier alpha value is -1.21. The minimum absolute atomic E-state index is 0.207. The molecule has 0 spiro atoms. The molecular formula is C49H95O8P. The van der Waals surface area contributed by atoms with Crippen LogP contribution in [0.3, 0.4) is 0 Å². The van der Waals surface area contributed by atoms with Gasteiger partial charge in [0, 0.05) is 12.8 Å². The maximum absolute atomic E-state index is 12.4. The first-order valence-electron chi connectivity index (χ1n) is 25.0. The zero-order chi connectivity index (χ0) is 42.5. The van der Waals surface area contributed by atoms with Crippen LogP contribution in [0.15, 0.2) is 12.2 Å². The second kappa shape index (κ2) is 45.3. The van der Waals surface area contributed by atoms with Crippen LogP contribution in [0.1, 0.15) is 271 Å². The topological polar surface area (TPSA) is 119 Å². The van der Waals surface area contributed by atoms with Crippen LogP contribution in [-0.4, -0.2) is 41.0 Å². The zero-order valence-electron chi connectivity index (χ0n) is 38.2. The molecule has 0 aliphatic rings. The molecule has 0 saturated heterocycles. The third-order valence-electron chi connectivity index (χ3n) is 11.3. The number of phosphoric acid groups is 1. The summed E-state index contributed by atoms with van der Waals surface area (Å²) in [4.78, 5) is 43.0. The van der Waals surface area contributed by atoms with E-state index in [9.17, 15) is 14.2 Å². The number of unbranched alkanes of at least 4 members (excludes halogenated alkanes) is 35. The molecule has 0 aromatic rings. The van der Waals surface area contributed by atoms with Crippen LogP contribution < -0.4 is 0 Å². The number of carbonyl (C=O) groups is 2. The molecule has 0 aromatic carbocycles. The number of rotatable bonds is 47. The Morgan fingerprint density at radius 1 is 0.431 bits per heavy atom. The van der Waals surface area contributed by atoms with Gasteiger partial charge >= 0.3 is 19.8 Å². The summed E-state index contributed by atoms with van der Waals surface area (Å²) in [6, 6.07) is 0. The lowest BCUT2D eigenvalue weighted by molar-refractivity contribution is -0.161. The van der Waals surface area contributed by atoms with Gasteiger partial charge in [0.15, 0.2) is 6.10 Å². The Bertz CT molecular complexity index is 951. The van der Waals surface area contributed by atoms with Crippen molar-refractivity contribution >= 4 is 19.8 Å². The predicted molar refractivity (Wildman–Crippen MR) is 244 cm³/mol. The lowest BCUT2D eigenvalue weighted by atomic mass is 10.0. The van der Waals surface area contributed by atoms with Crippen molar-refractivity contribution in [3.05, 3.63) is 12.2 Å². The molecule has 58 heavy (non-hydrogen) atoms. The summed E-state index contributed by atoms with van der Waals surface area (Å²) < 4.78 is 26.5. The summed E-state index contributed by atoms with van der Waals surface area (Å²) in [7, 11) is -4.76. The fourth-order valence-corrected chi connectivity index (χ4v) is 7.91. The fourth-order valence-electron chi connectivity index (χ4n) is 7.55. The Morgan fingerprint density at radius 2 is 0.724 bits per heavy atom. The van der Waals surface area contributed by atoms with E-state index >= 15 is 0 Å². The number of allylic oxidation sites excluding steroid dienone is 2. The molecule has 344 valence electrons. The molecule has 0 fully saturated rings. The maximum Gasteiger partial charge on any atom is 0.469 e. The van der Waals surface area contributed by atoms with E-state index in [0.717, 1.165) is 51.4 Å². The lowest BCUT2D eigenvalue weighted by Crippen LogP contribution is -2.29. The largest absolute Gasteiger partial charge is 0.469 e. The van der Waals surface area contributed by atoms with Crippen molar-refractivity contribution in [1.82, 2.24) is 0 Å². The Balaban J connectivity index is 3.76. The van der Waals surface area contributed by atoms with Crippen LogP contribution in [0.5, 0.6) is 0 Å². The molecule has 0 aliphatic heterocycles. The molecule has 0 aliphatic carbocycles. The van der Waals surface area contributed by atoms with Gasteiger partial charge in [-0.2, -0.15) is 0 Å². The van der Waals surface area contributed by atoms with Crippen molar-refractivity contribution in [2.75, 3.05) is 13.2 Å². The SMILES string of the molecule is CCCCCCCCC/C=C\CCCCCCCC(=O)OC(COC(=O)CCCCCCCCCCCCCCCCCCCCCCCCCC)COP(=O)(O)O. The highest BCUT2D eigenvalue weighted by molar-refractivity contribution is 7.46. The molecule has 0 saturated carbocycles. The molecule has 0 bridgehead atoms. The van der Waals surface area contributed by atoms with E-state index in [1.807, 2.05) is 0 Å². The van der Waals surface area contributed by atoms with Crippen LogP contribution in [0, 0.1) is 0 Å². The smallest absolute Gasteiger partial charge is 0.462 e. The summed E-state index contributed by atoms with van der Waals surface area (Å²) in [5, 5.41) is 0. The average Bonchev–Trinajstić information content (AvgIpc) is 3.20. The van der Waals surface area contributed by atoms with Crippen molar-refractivity contribution in [2.45, 2.75) is 277 Å². The van der Waals surface area contributed by atoms with Gasteiger partial charge in [-0.1, -0.05) is 231 Å². The van der Waals surface area contributed by atoms with Crippen LogP contribution in [0.25, 0.3) is 0 Å². The van der Waals surface area contributed by atoms with Crippen molar-refractivity contribution in [3.63, 3.8) is 0 Å². The monoisotopic (exact) mass is 843 g/mol. The average molecular weight is 843 g/mol. The molecular weight excluding hydrogens is 748 g/mol. The van der Waals surface area contributed by atoms with E-state index in [1.54, 1.807) is 0 Å². The molecule has 0 rings (SSSR count). The van der Waals surface area contributed by atoms with Crippen molar-refractivity contribution in [1.29, 1.82) is 0 Å². The number of carbonyl (C=O) groups excluding carboxylic acids is 2. The Labute approximate surface area is 358 Å². The summed E-state index contributed by atoms with van der Waals surface area (Å²) in [5.74, 6) is -0.877. The number of hydrogen-bond acceptors (Lipinski definition) is 6. The molecule has 2 N–H and O–H groups in total. The lowest BCUT2D eigenvalue weighted by Gasteiger charge is -2.18. The van der Waals surface area contributed by atoms with Gasteiger partial charge in [0.25, 0.3) is 0 Å². The highest BCUT2D eigenvalue weighted by Crippen LogP contribution is 2.36. The van der Waals surface area contributed by atoms with Gasteiger partial charge in [0.05, 0.1) is 6.61 Å². The van der Waals surface area contributed by atoms with E-state index in [1.165, 1.54) is 186 Å². The van der Waals surface area contributed by atoms with Gasteiger partial charge in [-0.05, 0) is 38.5 Å². The highest BCUT2D eigenvalue weighted by atomic mass is 31.2. The first-order valence-corrected chi connectivity index (χ1v) is 26.5. The van der Waals surface area contributed by atoms with Gasteiger partial charge in [0.2, 0.25) is 0 Å². The van der Waals surface area contributed by atoms with Gasteiger partial charge < -0.3 is 19.3 Å². The Kier molecular flexibility index (Phi) is 44.4. The van der Waals surface area contributed by atoms with Crippen molar-refractivity contribution < 1.29 is 37.9 Å². The third-order valence-corrected chi connectivity index (χ3v) is 11.8. The van der Waals surface area contributed by atoms with Gasteiger partial charge in [0.1, 0.15) is 6.61 Å². The number of hydrogen-bond donors (Lipinski definition) is 2. The van der Waals surface area contributed by atoms with Gasteiger partial charge in [-0.15, -0.1) is 0 Å². The highest BCUT2D eigenvalue weighted by Gasteiger charge is 2.23. The van der Waals surface area contributed by atoms with E-state index in [2.05, 4.69) is 30.5 Å². The van der Waals surface area contributed by atoms with Crippen LogP contribution in [0.2, 0.25) is 0 Å². The molecule has 8 nitrogen and oxygen atoms in total.